The normalized spacial score (nSPS) is 18.3. The lowest BCUT2D eigenvalue weighted by Crippen LogP contribution is -2.43. The van der Waals surface area contributed by atoms with Gasteiger partial charge in [-0.1, -0.05) is 40.2 Å². The first-order valence-corrected chi connectivity index (χ1v) is 10.1. The third-order valence-electron chi connectivity index (χ3n) is 4.96. The van der Waals surface area contributed by atoms with Crippen molar-refractivity contribution < 1.29 is 27.9 Å². The smallest absolute Gasteiger partial charge is 0.387 e. The summed E-state index contributed by atoms with van der Waals surface area (Å²) in [6, 6.07) is 12.2. The van der Waals surface area contributed by atoms with Gasteiger partial charge in [0.1, 0.15) is 17.8 Å². The number of halogens is 3. The van der Waals surface area contributed by atoms with Crippen LogP contribution in [0.15, 0.2) is 53.0 Å². The van der Waals surface area contributed by atoms with Crippen molar-refractivity contribution in [1.82, 2.24) is 15.1 Å². The molecular formula is C21H20BrF2N3O4. The maximum absolute atomic E-state index is 13.0. The number of benzene rings is 2. The zero-order chi connectivity index (χ0) is 22.8. The third kappa shape index (κ3) is 5.01. The van der Waals surface area contributed by atoms with Crippen molar-refractivity contribution >= 4 is 33.8 Å². The average Bonchev–Trinajstić information content (AvgIpc) is 2.93. The summed E-state index contributed by atoms with van der Waals surface area (Å²) in [5.74, 6) is -0.959. The molecule has 0 radical (unpaired) electrons. The SMILES string of the molecule is CN(Cc1ccc(OC(F)F)cc1)C(=O)CN1C(=O)N[C@](C)(c2cccc(Br)c2)C1=O. The van der Waals surface area contributed by atoms with Gasteiger partial charge in [-0.2, -0.15) is 8.78 Å². The van der Waals surface area contributed by atoms with Crippen LogP contribution in [0.5, 0.6) is 5.75 Å². The Morgan fingerprint density at radius 3 is 2.52 bits per heavy atom. The molecule has 2 aromatic carbocycles. The number of nitrogens with one attached hydrogen (secondary N) is 1. The van der Waals surface area contributed by atoms with Gasteiger partial charge in [0.15, 0.2) is 0 Å². The molecule has 0 aliphatic carbocycles. The molecule has 3 rings (SSSR count). The minimum absolute atomic E-state index is 0.0129. The highest BCUT2D eigenvalue weighted by Gasteiger charge is 2.49. The first-order valence-electron chi connectivity index (χ1n) is 9.28. The van der Waals surface area contributed by atoms with Crippen LogP contribution in [0.2, 0.25) is 0 Å². The Balaban J connectivity index is 1.65. The zero-order valence-electron chi connectivity index (χ0n) is 16.8. The van der Waals surface area contributed by atoms with Crippen LogP contribution in [-0.4, -0.2) is 47.8 Å². The Kier molecular flexibility index (Phi) is 6.59. The van der Waals surface area contributed by atoms with Gasteiger partial charge in [-0.05, 0) is 42.3 Å². The molecule has 0 bridgehead atoms. The summed E-state index contributed by atoms with van der Waals surface area (Å²) in [6.07, 6.45) is 0. The first kappa shape index (κ1) is 22.7. The Bertz CT molecular complexity index is 1000. The summed E-state index contributed by atoms with van der Waals surface area (Å²) >= 11 is 3.35. The third-order valence-corrected chi connectivity index (χ3v) is 5.46. The highest BCUT2D eigenvalue weighted by molar-refractivity contribution is 9.10. The second kappa shape index (κ2) is 9.01. The Morgan fingerprint density at radius 1 is 1.23 bits per heavy atom. The van der Waals surface area contributed by atoms with Gasteiger partial charge in [-0.3, -0.25) is 14.5 Å². The van der Waals surface area contributed by atoms with Gasteiger partial charge in [-0.15, -0.1) is 0 Å². The summed E-state index contributed by atoms with van der Waals surface area (Å²) in [7, 11) is 1.53. The van der Waals surface area contributed by atoms with E-state index in [1.807, 2.05) is 0 Å². The van der Waals surface area contributed by atoms with E-state index in [1.54, 1.807) is 43.3 Å². The fourth-order valence-corrected chi connectivity index (χ4v) is 3.63. The molecule has 0 spiro atoms. The number of imide groups is 1. The standard InChI is InChI=1S/C21H20BrF2N3O4/c1-21(14-4-3-5-15(22)10-14)18(29)27(20(30)25-21)12-17(28)26(2)11-13-6-8-16(9-7-13)31-19(23)24/h3-10,19H,11-12H2,1-2H3,(H,25,30)/t21-/m1/s1. The number of amides is 4. The van der Waals surface area contributed by atoms with Crippen molar-refractivity contribution in [2.75, 3.05) is 13.6 Å². The number of likely N-dealkylation sites (N-methyl/N-ethyl adjacent to an activating group) is 1. The van der Waals surface area contributed by atoms with Crippen molar-refractivity contribution in [3.63, 3.8) is 0 Å². The molecule has 10 heteroatoms. The monoisotopic (exact) mass is 495 g/mol. The largest absolute Gasteiger partial charge is 0.435 e. The van der Waals surface area contributed by atoms with Gasteiger partial charge < -0.3 is 15.0 Å². The number of nitrogens with zero attached hydrogens (tertiary/aromatic N) is 2. The van der Waals surface area contributed by atoms with E-state index in [1.165, 1.54) is 24.1 Å². The predicted octanol–water partition coefficient (Wildman–Crippen LogP) is 3.48. The van der Waals surface area contributed by atoms with Gasteiger partial charge in [0.25, 0.3) is 5.91 Å². The molecule has 0 unspecified atom stereocenters. The van der Waals surface area contributed by atoms with E-state index in [0.717, 1.165) is 9.37 Å². The van der Waals surface area contributed by atoms with E-state index in [2.05, 4.69) is 26.0 Å². The fourth-order valence-electron chi connectivity index (χ4n) is 3.23. The highest BCUT2D eigenvalue weighted by atomic mass is 79.9. The van der Waals surface area contributed by atoms with Crippen molar-refractivity contribution in [2.24, 2.45) is 0 Å². The van der Waals surface area contributed by atoms with Crippen LogP contribution >= 0.6 is 15.9 Å². The highest BCUT2D eigenvalue weighted by Crippen LogP contribution is 2.30. The fraction of sp³-hybridized carbons (Fsp3) is 0.286. The van der Waals surface area contributed by atoms with Gasteiger partial charge in [0.2, 0.25) is 5.91 Å². The molecule has 2 aromatic rings. The second-order valence-electron chi connectivity index (χ2n) is 7.23. The Morgan fingerprint density at radius 2 is 1.90 bits per heavy atom. The van der Waals surface area contributed by atoms with Gasteiger partial charge >= 0.3 is 12.6 Å². The Labute approximate surface area is 186 Å². The van der Waals surface area contributed by atoms with Gasteiger partial charge in [0, 0.05) is 18.1 Å². The number of hydrogen-bond acceptors (Lipinski definition) is 4. The van der Waals surface area contributed by atoms with Crippen molar-refractivity contribution in [2.45, 2.75) is 25.6 Å². The lowest BCUT2D eigenvalue weighted by Gasteiger charge is -2.23. The van der Waals surface area contributed by atoms with E-state index in [4.69, 9.17) is 0 Å². The molecule has 0 saturated carbocycles. The number of alkyl halides is 2. The van der Waals surface area contributed by atoms with Crippen LogP contribution in [0.4, 0.5) is 13.6 Å². The molecule has 1 N–H and O–H groups in total. The lowest BCUT2D eigenvalue weighted by atomic mass is 9.92. The summed E-state index contributed by atoms with van der Waals surface area (Å²) in [5, 5.41) is 2.66. The first-order chi connectivity index (χ1) is 14.6. The van der Waals surface area contributed by atoms with E-state index < -0.39 is 36.5 Å². The van der Waals surface area contributed by atoms with Crippen LogP contribution in [-0.2, 0) is 21.7 Å². The van der Waals surface area contributed by atoms with Crippen LogP contribution in [0.25, 0.3) is 0 Å². The number of carbonyl (C=O) groups is 3. The van der Waals surface area contributed by atoms with Crippen LogP contribution in [0.3, 0.4) is 0 Å². The number of ether oxygens (including phenoxy) is 1. The predicted molar refractivity (Wildman–Crippen MR) is 111 cm³/mol. The van der Waals surface area contributed by atoms with Crippen LogP contribution in [0, 0.1) is 0 Å². The molecule has 1 aliphatic heterocycles. The molecular weight excluding hydrogens is 476 g/mol. The zero-order valence-corrected chi connectivity index (χ0v) is 18.4. The second-order valence-corrected chi connectivity index (χ2v) is 8.14. The molecule has 1 fully saturated rings. The number of hydrogen-bond donors (Lipinski definition) is 1. The van der Waals surface area contributed by atoms with E-state index >= 15 is 0 Å². The molecule has 1 heterocycles. The molecule has 1 atom stereocenters. The maximum atomic E-state index is 13.0. The lowest BCUT2D eigenvalue weighted by molar-refractivity contribution is -0.138. The van der Waals surface area contributed by atoms with Gasteiger partial charge in [-0.25, -0.2) is 4.79 Å². The summed E-state index contributed by atoms with van der Waals surface area (Å²) in [4.78, 5) is 40.3. The molecule has 7 nitrogen and oxygen atoms in total. The van der Waals surface area contributed by atoms with Crippen molar-refractivity contribution in [3.05, 3.63) is 64.1 Å². The molecule has 4 amide bonds. The number of carbonyl (C=O) groups excluding carboxylic acids is 3. The van der Waals surface area contributed by atoms with Crippen molar-refractivity contribution in [3.8, 4) is 5.75 Å². The minimum Gasteiger partial charge on any atom is -0.435 e. The van der Waals surface area contributed by atoms with Gasteiger partial charge in [0.05, 0.1) is 0 Å². The maximum Gasteiger partial charge on any atom is 0.387 e. The number of urea groups is 1. The molecule has 31 heavy (non-hydrogen) atoms. The summed E-state index contributed by atoms with van der Waals surface area (Å²) < 4.78 is 29.5. The number of rotatable bonds is 7. The molecule has 1 aliphatic rings. The summed E-state index contributed by atoms with van der Waals surface area (Å²) in [5.41, 5.74) is -0.0106. The average molecular weight is 496 g/mol. The Hall–Kier alpha value is -3.01. The minimum atomic E-state index is -2.91. The van der Waals surface area contributed by atoms with E-state index in [9.17, 15) is 23.2 Å². The van der Waals surface area contributed by atoms with Crippen LogP contribution < -0.4 is 10.1 Å². The summed E-state index contributed by atoms with van der Waals surface area (Å²) in [6.45, 7) is -1.58. The molecule has 1 saturated heterocycles. The van der Waals surface area contributed by atoms with Crippen LogP contribution in [0.1, 0.15) is 18.1 Å². The van der Waals surface area contributed by atoms with E-state index in [0.29, 0.717) is 11.1 Å². The topological polar surface area (TPSA) is 79.0 Å². The quantitative estimate of drug-likeness (QED) is 0.596. The van der Waals surface area contributed by atoms with Crippen molar-refractivity contribution in [1.29, 1.82) is 0 Å². The molecule has 164 valence electrons. The van der Waals surface area contributed by atoms with E-state index in [-0.39, 0.29) is 12.3 Å². The molecule has 0 aromatic heterocycles.